The molecular weight excluding hydrogens is 175 g/mol. The van der Waals surface area contributed by atoms with Gasteiger partial charge in [-0.1, -0.05) is 29.9 Å². The highest BCUT2D eigenvalue weighted by Gasteiger charge is 2.05. The molecule has 1 heteroatoms. The van der Waals surface area contributed by atoms with Crippen LogP contribution in [0.4, 0.5) is 4.39 Å². The quantitative estimate of drug-likeness (QED) is 0.626. The number of hydrogen-bond donors (Lipinski definition) is 0. The van der Waals surface area contributed by atoms with Crippen LogP contribution in [0.2, 0.25) is 0 Å². The monoisotopic (exact) mass is 188 g/mol. The highest BCUT2D eigenvalue weighted by Crippen LogP contribution is 2.26. The lowest BCUT2D eigenvalue weighted by Crippen LogP contribution is -1.91. The molecule has 14 heavy (non-hydrogen) atoms. The maximum Gasteiger partial charge on any atom is 0.123 e. The van der Waals surface area contributed by atoms with Crippen LogP contribution in [0.15, 0.2) is 42.0 Å². The van der Waals surface area contributed by atoms with Gasteiger partial charge in [0.15, 0.2) is 0 Å². The molecule has 0 aromatic heterocycles. The minimum absolute atomic E-state index is 0.157. The van der Waals surface area contributed by atoms with Crippen molar-refractivity contribution in [3.05, 3.63) is 53.4 Å². The first kappa shape index (κ1) is 9.20. The van der Waals surface area contributed by atoms with Crippen molar-refractivity contribution in [3.8, 4) is 0 Å². The maximum atomic E-state index is 13.0. The Kier molecular flexibility index (Phi) is 2.49. The van der Waals surface area contributed by atoms with E-state index in [0.717, 1.165) is 18.4 Å². The van der Waals surface area contributed by atoms with E-state index in [9.17, 15) is 4.39 Å². The second kappa shape index (κ2) is 3.79. The van der Waals surface area contributed by atoms with Crippen molar-refractivity contribution in [2.24, 2.45) is 0 Å². The molecule has 0 aliphatic heterocycles. The van der Waals surface area contributed by atoms with E-state index in [1.165, 1.54) is 17.2 Å². The second-order valence-electron chi connectivity index (χ2n) is 3.67. The first-order valence-corrected chi connectivity index (χ1v) is 4.89. The third kappa shape index (κ3) is 1.92. The largest absolute Gasteiger partial charge is 0.207 e. The fraction of sp³-hybridized carbons (Fsp3) is 0.231. The summed E-state index contributed by atoms with van der Waals surface area (Å²) in [6.07, 6.45) is 6.43. The molecule has 0 spiro atoms. The molecule has 0 heterocycles. The fourth-order valence-electron chi connectivity index (χ4n) is 1.78. The van der Waals surface area contributed by atoms with Gasteiger partial charge in [-0.2, -0.15) is 0 Å². The molecule has 0 amide bonds. The number of halogens is 1. The van der Waals surface area contributed by atoms with Crippen molar-refractivity contribution < 1.29 is 4.39 Å². The predicted octanol–water partition coefficient (Wildman–Crippen LogP) is 3.95. The Bertz CT molecular complexity index is 399. The van der Waals surface area contributed by atoms with E-state index in [0.29, 0.717) is 0 Å². The van der Waals surface area contributed by atoms with Crippen LogP contribution in [0, 0.1) is 5.82 Å². The van der Waals surface area contributed by atoms with Gasteiger partial charge in [-0.05, 0) is 43.0 Å². The smallest absolute Gasteiger partial charge is 0.123 e. The first-order chi connectivity index (χ1) is 6.75. The molecule has 1 aliphatic carbocycles. The van der Waals surface area contributed by atoms with E-state index >= 15 is 0 Å². The van der Waals surface area contributed by atoms with Gasteiger partial charge < -0.3 is 0 Å². The molecule has 0 atom stereocenters. The molecule has 0 unspecified atom stereocenters. The van der Waals surface area contributed by atoms with Crippen LogP contribution in [0.1, 0.15) is 25.3 Å². The average Bonchev–Trinajstić information content (AvgIpc) is 2.18. The van der Waals surface area contributed by atoms with Gasteiger partial charge >= 0.3 is 0 Å². The van der Waals surface area contributed by atoms with E-state index in [-0.39, 0.29) is 5.82 Å². The Morgan fingerprint density at radius 2 is 2.14 bits per heavy atom. The summed E-state index contributed by atoms with van der Waals surface area (Å²) >= 11 is 0. The van der Waals surface area contributed by atoms with Crippen LogP contribution in [-0.4, -0.2) is 0 Å². The van der Waals surface area contributed by atoms with Gasteiger partial charge in [0.25, 0.3) is 0 Å². The van der Waals surface area contributed by atoms with E-state index in [1.54, 1.807) is 12.1 Å². The zero-order valence-electron chi connectivity index (χ0n) is 8.26. The molecule has 72 valence electrons. The summed E-state index contributed by atoms with van der Waals surface area (Å²) in [4.78, 5) is 0. The molecule has 1 aromatic rings. The highest BCUT2D eigenvalue weighted by atomic mass is 19.1. The van der Waals surface area contributed by atoms with Gasteiger partial charge in [0, 0.05) is 0 Å². The van der Waals surface area contributed by atoms with Crippen molar-refractivity contribution in [2.75, 3.05) is 0 Å². The summed E-state index contributed by atoms with van der Waals surface area (Å²) in [6, 6.07) is 6.81. The van der Waals surface area contributed by atoms with Gasteiger partial charge in [0.05, 0.1) is 0 Å². The molecule has 1 aromatic carbocycles. The Labute approximate surface area is 83.8 Å². The van der Waals surface area contributed by atoms with Gasteiger partial charge in [0.1, 0.15) is 5.82 Å². The SMILES string of the molecule is CC1=CCCC(c2cccc(F)c2)=C1. The van der Waals surface area contributed by atoms with Gasteiger partial charge in [0.2, 0.25) is 0 Å². The van der Waals surface area contributed by atoms with Crippen molar-refractivity contribution >= 4 is 5.57 Å². The standard InChI is InChI=1S/C13H13F/c1-10-4-2-5-11(8-10)12-6-3-7-13(14)9-12/h3-4,6-9H,2,5H2,1H3. The Balaban J connectivity index is 2.36. The van der Waals surface area contributed by atoms with Crippen molar-refractivity contribution in [3.63, 3.8) is 0 Å². The van der Waals surface area contributed by atoms with Crippen LogP contribution in [0.3, 0.4) is 0 Å². The topological polar surface area (TPSA) is 0 Å². The molecule has 1 aliphatic rings. The average molecular weight is 188 g/mol. The summed E-state index contributed by atoms with van der Waals surface area (Å²) in [5.74, 6) is -0.157. The van der Waals surface area contributed by atoms with Crippen molar-refractivity contribution in [1.82, 2.24) is 0 Å². The summed E-state index contributed by atoms with van der Waals surface area (Å²) in [5, 5.41) is 0. The molecule has 0 radical (unpaired) electrons. The summed E-state index contributed by atoms with van der Waals surface area (Å²) < 4.78 is 13.0. The van der Waals surface area contributed by atoms with E-state index in [1.807, 2.05) is 6.07 Å². The highest BCUT2D eigenvalue weighted by molar-refractivity contribution is 5.69. The van der Waals surface area contributed by atoms with Gasteiger partial charge in [-0.25, -0.2) is 4.39 Å². The molecule has 0 N–H and O–H groups in total. The van der Waals surface area contributed by atoms with Crippen LogP contribution in [-0.2, 0) is 0 Å². The second-order valence-corrected chi connectivity index (χ2v) is 3.67. The summed E-state index contributed by atoms with van der Waals surface area (Å²) in [6.45, 7) is 2.08. The predicted molar refractivity (Wildman–Crippen MR) is 57.4 cm³/mol. The van der Waals surface area contributed by atoms with E-state index < -0.39 is 0 Å². The normalized spacial score (nSPS) is 16.1. The molecule has 0 bridgehead atoms. The number of benzene rings is 1. The number of hydrogen-bond acceptors (Lipinski definition) is 0. The summed E-state index contributed by atoms with van der Waals surface area (Å²) in [7, 11) is 0. The Hall–Kier alpha value is -1.37. The van der Waals surface area contributed by atoms with Crippen molar-refractivity contribution in [1.29, 1.82) is 0 Å². The molecule has 2 rings (SSSR count). The maximum absolute atomic E-state index is 13.0. The molecular formula is C13H13F. The van der Waals surface area contributed by atoms with E-state index in [2.05, 4.69) is 19.1 Å². The lowest BCUT2D eigenvalue weighted by molar-refractivity contribution is 0.627. The zero-order chi connectivity index (χ0) is 9.97. The lowest BCUT2D eigenvalue weighted by Gasteiger charge is -2.11. The third-order valence-electron chi connectivity index (χ3n) is 2.48. The minimum Gasteiger partial charge on any atom is -0.207 e. The molecule has 0 saturated heterocycles. The molecule has 0 fully saturated rings. The number of allylic oxidation sites excluding steroid dienone is 4. The van der Waals surface area contributed by atoms with Crippen LogP contribution in [0.25, 0.3) is 5.57 Å². The third-order valence-corrected chi connectivity index (χ3v) is 2.48. The van der Waals surface area contributed by atoms with Crippen LogP contribution >= 0.6 is 0 Å². The Morgan fingerprint density at radius 1 is 1.29 bits per heavy atom. The van der Waals surface area contributed by atoms with E-state index in [4.69, 9.17) is 0 Å². The van der Waals surface area contributed by atoms with Crippen LogP contribution in [0.5, 0.6) is 0 Å². The lowest BCUT2D eigenvalue weighted by atomic mass is 9.94. The van der Waals surface area contributed by atoms with Gasteiger partial charge in [-0.3, -0.25) is 0 Å². The van der Waals surface area contributed by atoms with Crippen molar-refractivity contribution in [2.45, 2.75) is 19.8 Å². The van der Waals surface area contributed by atoms with Crippen LogP contribution < -0.4 is 0 Å². The summed E-state index contributed by atoms with van der Waals surface area (Å²) in [5.41, 5.74) is 3.53. The molecule has 0 nitrogen and oxygen atoms in total. The number of rotatable bonds is 1. The molecule has 0 saturated carbocycles. The fourth-order valence-corrected chi connectivity index (χ4v) is 1.78. The minimum atomic E-state index is -0.157. The Morgan fingerprint density at radius 3 is 2.86 bits per heavy atom. The van der Waals surface area contributed by atoms with Gasteiger partial charge in [-0.15, -0.1) is 0 Å². The first-order valence-electron chi connectivity index (χ1n) is 4.89. The zero-order valence-corrected chi connectivity index (χ0v) is 8.26.